The van der Waals surface area contributed by atoms with Crippen LogP contribution in [0.3, 0.4) is 0 Å². The van der Waals surface area contributed by atoms with Crippen molar-refractivity contribution in [3.63, 3.8) is 0 Å². The van der Waals surface area contributed by atoms with Gasteiger partial charge in [0.25, 0.3) is 0 Å². The second-order valence-corrected chi connectivity index (χ2v) is 7.14. The van der Waals surface area contributed by atoms with E-state index in [1.807, 2.05) is 0 Å². The summed E-state index contributed by atoms with van der Waals surface area (Å²) in [6, 6.07) is 8.40. The smallest absolute Gasteiger partial charge is 0.249 e. The molecule has 1 aromatic heterocycles. The summed E-state index contributed by atoms with van der Waals surface area (Å²) in [5, 5.41) is 14.6. The minimum Gasteiger partial charge on any atom is -0.376 e. The first-order valence-corrected chi connectivity index (χ1v) is 9.62. The molecule has 4 rings (SSSR count). The Morgan fingerprint density at radius 1 is 1.15 bits per heavy atom. The molecule has 1 atom stereocenters. The lowest BCUT2D eigenvalue weighted by atomic mass is 10.2. The Morgan fingerprint density at radius 2 is 1.96 bits per heavy atom. The van der Waals surface area contributed by atoms with Crippen LogP contribution in [0.25, 0.3) is 0 Å². The lowest BCUT2D eigenvalue weighted by Gasteiger charge is -2.34. The number of hydrogen-bond acceptors (Lipinski definition) is 8. The van der Waals surface area contributed by atoms with Crippen molar-refractivity contribution >= 4 is 23.1 Å². The Bertz CT molecular complexity index is 725. The highest BCUT2D eigenvalue weighted by atomic mass is 16.5. The summed E-state index contributed by atoms with van der Waals surface area (Å²) in [6.45, 7) is 5.93. The zero-order chi connectivity index (χ0) is 18.5. The Kier molecular flexibility index (Phi) is 5.64. The lowest BCUT2D eigenvalue weighted by molar-refractivity contribution is 0.120. The van der Waals surface area contributed by atoms with Crippen molar-refractivity contribution in [1.29, 1.82) is 0 Å². The molecule has 27 heavy (non-hydrogen) atoms. The van der Waals surface area contributed by atoms with Gasteiger partial charge in [0.05, 0.1) is 12.3 Å². The molecule has 2 aliphatic rings. The molecule has 0 radical (unpaired) electrons. The molecule has 2 N–H and O–H groups in total. The second kappa shape index (κ2) is 8.49. The third kappa shape index (κ3) is 4.84. The molecule has 2 aliphatic heterocycles. The molecule has 144 valence electrons. The number of aromatic nitrogens is 3. The average molecular weight is 369 g/mol. The Morgan fingerprint density at radius 3 is 2.70 bits per heavy atom. The predicted octanol–water partition coefficient (Wildman–Crippen LogP) is 1.96. The van der Waals surface area contributed by atoms with Crippen LogP contribution in [0.5, 0.6) is 0 Å². The maximum absolute atomic E-state index is 5.62. The fourth-order valence-electron chi connectivity index (χ4n) is 3.41. The van der Waals surface area contributed by atoms with Gasteiger partial charge >= 0.3 is 0 Å². The Labute approximate surface area is 159 Å². The number of hydrogen-bond donors (Lipinski definition) is 2. The summed E-state index contributed by atoms with van der Waals surface area (Å²) in [5.41, 5.74) is 2.20. The van der Waals surface area contributed by atoms with Crippen molar-refractivity contribution < 1.29 is 4.74 Å². The number of rotatable bonds is 6. The minimum absolute atomic E-state index is 0.262. The van der Waals surface area contributed by atoms with Gasteiger partial charge in [-0.05, 0) is 44.2 Å². The van der Waals surface area contributed by atoms with Crippen LogP contribution in [0.1, 0.15) is 12.8 Å². The van der Waals surface area contributed by atoms with Crippen LogP contribution in [0, 0.1) is 0 Å². The monoisotopic (exact) mass is 369 g/mol. The van der Waals surface area contributed by atoms with Crippen LogP contribution in [0.4, 0.5) is 23.1 Å². The molecule has 8 nitrogen and oxygen atoms in total. The zero-order valence-corrected chi connectivity index (χ0v) is 15.8. The van der Waals surface area contributed by atoms with Gasteiger partial charge in [-0.3, -0.25) is 0 Å². The van der Waals surface area contributed by atoms with E-state index >= 15 is 0 Å². The molecule has 0 bridgehead atoms. The predicted molar refractivity (Wildman–Crippen MR) is 107 cm³/mol. The summed E-state index contributed by atoms with van der Waals surface area (Å²) < 4.78 is 5.62. The second-order valence-electron chi connectivity index (χ2n) is 7.14. The van der Waals surface area contributed by atoms with E-state index in [-0.39, 0.29) is 6.10 Å². The molecule has 0 spiro atoms. The van der Waals surface area contributed by atoms with Crippen molar-refractivity contribution in [2.45, 2.75) is 18.9 Å². The van der Waals surface area contributed by atoms with Crippen molar-refractivity contribution in [2.24, 2.45) is 0 Å². The van der Waals surface area contributed by atoms with Gasteiger partial charge in [-0.2, -0.15) is 10.1 Å². The highest BCUT2D eigenvalue weighted by molar-refractivity contribution is 5.59. The van der Waals surface area contributed by atoms with Crippen LogP contribution in [-0.4, -0.2) is 72.6 Å². The summed E-state index contributed by atoms with van der Waals surface area (Å²) in [5.74, 6) is 1.19. The zero-order valence-electron chi connectivity index (χ0n) is 15.8. The first-order valence-electron chi connectivity index (χ1n) is 9.62. The van der Waals surface area contributed by atoms with Gasteiger partial charge in [-0.15, -0.1) is 5.10 Å². The van der Waals surface area contributed by atoms with Gasteiger partial charge in [0, 0.05) is 50.7 Å². The van der Waals surface area contributed by atoms with E-state index in [4.69, 9.17) is 4.74 Å². The number of ether oxygens (including phenoxy) is 1. The lowest BCUT2D eigenvalue weighted by Crippen LogP contribution is -2.44. The molecule has 2 saturated heterocycles. The van der Waals surface area contributed by atoms with Crippen LogP contribution in [-0.2, 0) is 4.74 Å². The molecule has 1 aromatic carbocycles. The largest absolute Gasteiger partial charge is 0.376 e. The first-order chi connectivity index (χ1) is 13.3. The highest BCUT2D eigenvalue weighted by Gasteiger charge is 2.16. The minimum atomic E-state index is 0.262. The van der Waals surface area contributed by atoms with Gasteiger partial charge in [-0.1, -0.05) is 0 Å². The number of piperazine rings is 1. The van der Waals surface area contributed by atoms with E-state index in [1.54, 1.807) is 6.20 Å². The van der Waals surface area contributed by atoms with Gasteiger partial charge < -0.3 is 25.2 Å². The van der Waals surface area contributed by atoms with Crippen molar-refractivity contribution in [2.75, 3.05) is 61.9 Å². The molecule has 0 amide bonds. The Hall–Kier alpha value is -2.45. The fourth-order valence-corrected chi connectivity index (χ4v) is 3.41. The van der Waals surface area contributed by atoms with Crippen LogP contribution >= 0.6 is 0 Å². The number of nitrogens with one attached hydrogen (secondary N) is 2. The van der Waals surface area contributed by atoms with E-state index in [0.717, 1.165) is 57.9 Å². The molecular formula is C19H27N7O. The van der Waals surface area contributed by atoms with Crippen molar-refractivity contribution in [3.05, 3.63) is 30.5 Å². The topological polar surface area (TPSA) is 78.4 Å². The number of benzene rings is 1. The van der Waals surface area contributed by atoms with E-state index < -0.39 is 0 Å². The quantitative estimate of drug-likeness (QED) is 0.800. The van der Waals surface area contributed by atoms with Crippen LogP contribution in [0.15, 0.2) is 30.5 Å². The molecule has 8 heteroatoms. The molecule has 3 heterocycles. The van der Waals surface area contributed by atoms with Gasteiger partial charge in [0.15, 0.2) is 5.82 Å². The number of anilines is 4. The van der Waals surface area contributed by atoms with Gasteiger partial charge in [0.2, 0.25) is 5.95 Å². The molecule has 1 unspecified atom stereocenters. The van der Waals surface area contributed by atoms with E-state index in [0.29, 0.717) is 11.8 Å². The van der Waals surface area contributed by atoms with Gasteiger partial charge in [0.1, 0.15) is 0 Å². The average Bonchev–Trinajstić information content (AvgIpc) is 3.22. The van der Waals surface area contributed by atoms with Gasteiger partial charge in [-0.25, -0.2) is 0 Å². The first kappa shape index (κ1) is 17.9. The highest BCUT2D eigenvalue weighted by Crippen LogP contribution is 2.21. The molecular weight excluding hydrogens is 342 g/mol. The molecule has 2 aromatic rings. The number of nitrogens with zero attached hydrogens (tertiary/aromatic N) is 5. The standard InChI is InChI=1S/C19H27N7O/c1-25-8-10-26(11-9-25)16-6-4-15(5-7-16)22-19-23-18(14-21-24-19)20-13-17-3-2-12-27-17/h4-7,14,17H,2-3,8-13H2,1H3,(H2,20,22,23,24). The molecule has 2 fully saturated rings. The van der Waals surface area contributed by atoms with E-state index in [1.165, 1.54) is 5.69 Å². The third-order valence-electron chi connectivity index (χ3n) is 5.09. The third-order valence-corrected chi connectivity index (χ3v) is 5.09. The Balaban J connectivity index is 1.33. The summed E-state index contributed by atoms with van der Waals surface area (Å²) in [7, 11) is 2.17. The maximum atomic E-state index is 5.62. The van der Waals surface area contributed by atoms with Crippen molar-refractivity contribution in [1.82, 2.24) is 20.1 Å². The van der Waals surface area contributed by atoms with E-state index in [2.05, 4.69) is 66.9 Å². The molecule has 0 aliphatic carbocycles. The summed E-state index contributed by atoms with van der Waals surface area (Å²) >= 11 is 0. The molecule has 0 saturated carbocycles. The normalized spacial score (nSPS) is 20.6. The summed E-state index contributed by atoms with van der Waals surface area (Å²) in [6.07, 6.45) is 4.12. The van der Waals surface area contributed by atoms with E-state index in [9.17, 15) is 0 Å². The van der Waals surface area contributed by atoms with Crippen molar-refractivity contribution in [3.8, 4) is 0 Å². The van der Waals surface area contributed by atoms with Crippen LogP contribution < -0.4 is 15.5 Å². The fraction of sp³-hybridized carbons (Fsp3) is 0.526. The maximum Gasteiger partial charge on any atom is 0.249 e. The number of likely N-dealkylation sites (N-methyl/N-ethyl adjacent to an activating group) is 1. The summed E-state index contributed by atoms with van der Waals surface area (Å²) in [4.78, 5) is 9.25. The SMILES string of the molecule is CN1CCN(c2ccc(Nc3nncc(NCC4CCCO4)n3)cc2)CC1. The van der Waals surface area contributed by atoms with Crippen LogP contribution in [0.2, 0.25) is 0 Å².